The first-order valence-electron chi connectivity index (χ1n) is 17.5. The molecule has 0 saturated carbocycles. The van der Waals surface area contributed by atoms with E-state index in [0.29, 0.717) is 17.5 Å². The highest BCUT2D eigenvalue weighted by atomic mass is 15.0. The molecule has 0 fully saturated rings. The third-order valence-corrected chi connectivity index (χ3v) is 9.94. The smallest absolute Gasteiger partial charge is 0.164 e. The highest BCUT2D eigenvalue weighted by Crippen LogP contribution is 2.43. The molecule has 2 aromatic heterocycles. The van der Waals surface area contributed by atoms with Crippen molar-refractivity contribution in [2.24, 2.45) is 0 Å². The first-order valence-corrected chi connectivity index (χ1v) is 17.5. The molecule has 0 aliphatic heterocycles. The van der Waals surface area contributed by atoms with Gasteiger partial charge in [0.2, 0.25) is 0 Å². The second-order valence-electron chi connectivity index (χ2n) is 13.1. The molecular weight excluding hydrogens is 633 g/mol. The molecule has 0 unspecified atom stereocenters. The van der Waals surface area contributed by atoms with Crippen LogP contribution in [0.3, 0.4) is 0 Å². The van der Waals surface area contributed by atoms with E-state index in [1.165, 1.54) is 48.7 Å². The molecule has 10 aromatic rings. The molecule has 8 aromatic carbocycles. The van der Waals surface area contributed by atoms with Crippen molar-refractivity contribution >= 4 is 43.1 Å². The van der Waals surface area contributed by atoms with Gasteiger partial charge in [0, 0.05) is 34.6 Å². The molecule has 0 aliphatic rings. The average molecular weight is 663 g/mol. The molecule has 4 heteroatoms. The summed E-state index contributed by atoms with van der Waals surface area (Å²) in [5.74, 6) is 1.87. The Kier molecular flexibility index (Phi) is 7.10. The van der Waals surface area contributed by atoms with Crippen LogP contribution in [0.25, 0.3) is 99.5 Å². The van der Waals surface area contributed by atoms with E-state index in [2.05, 4.69) is 108 Å². The van der Waals surface area contributed by atoms with Crippen LogP contribution in [0.4, 0.5) is 0 Å². The maximum Gasteiger partial charge on any atom is 0.164 e. The molecule has 2 heterocycles. The van der Waals surface area contributed by atoms with Gasteiger partial charge in [0.1, 0.15) is 0 Å². The van der Waals surface area contributed by atoms with Crippen LogP contribution in [0.2, 0.25) is 0 Å². The lowest BCUT2D eigenvalue weighted by atomic mass is 9.86. The van der Waals surface area contributed by atoms with Gasteiger partial charge in [-0.1, -0.05) is 140 Å². The standard InChI is InChI=1S/C48H30N4/c1-3-14-33(15-4-1)46-50-47(34-16-5-2-6-17-34)52-48(51-46)38-27-36(35-18-11-25-49-30-35)26-37(28-38)45-41-23-21-31-12-7-9-19-39(31)43(41)29-44-40-20-10-8-13-32(40)22-24-42(44)45/h1-30H. The van der Waals surface area contributed by atoms with E-state index in [1.807, 2.05) is 79.1 Å². The third-order valence-electron chi connectivity index (χ3n) is 9.94. The lowest BCUT2D eigenvalue weighted by molar-refractivity contribution is 1.07. The van der Waals surface area contributed by atoms with Gasteiger partial charge in [0.05, 0.1) is 0 Å². The van der Waals surface area contributed by atoms with Crippen molar-refractivity contribution in [3.63, 3.8) is 0 Å². The molecule has 0 radical (unpaired) electrons. The normalized spacial score (nSPS) is 11.5. The van der Waals surface area contributed by atoms with Crippen molar-refractivity contribution in [3.8, 4) is 56.4 Å². The fraction of sp³-hybridized carbons (Fsp3) is 0. The van der Waals surface area contributed by atoms with Crippen molar-refractivity contribution < 1.29 is 0 Å². The Labute approximate surface area is 300 Å². The van der Waals surface area contributed by atoms with Gasteiger partial charge in [-0.05, 0) is 90.1 Å². The predicted octanol–water partition coefficient (Wildman–Crippen LogP) is 12.2. The maximum absolute atomic E-state index is 5.14. The molecule has 0 bridgehead atoms. The summed E-state index contributed by atoms with van der Waals surface area (Å²) < 4.78 is 0. The number of nitrogens with zero attached hydrogens (tertiary/aromatic N) is 4. The molecule has 0 atom stereocenters. The molecule has 0 aliphatic carbocycles. The molecule has 0 saturated heterocycles. The van der Waals surface area contributed by atoms with Gasteiger partial charge < -0.3 is 0 Å². The molecule has 10 rings (SSSR count). The fourth-order valence-corrected chi connectivity index (χ4v) is 7.48. The molecule has 0 N–H and O–H groups in total. The largest absolute Gasteiger partial charge is 0.264 e. The highest BCUT2D eigenvalue weighted by molar-refractivity contribution is 6.24. The Bertz CT molecular complexity index is 2790. The zero-order chi connectivity index (χ0) is 34.4. The van der Waals surface area contributed by atoms with Gasteiger partial charge in [-0.25, -0.2) is 15.0 Å². The minimum Gasteiger partial charge on any atom is -0.264 e. The van der Waals surface area contributed by atoms with Crippen molar-refractivity contribution in [1.82, 2.24) is 19.9 Å². The number of hydrogen-bond acceptors (Lipinski definition) is 4. The Morgan fingerprint density at radius 1 is 0.288 bits per heavy atom. The second-order valence-corrected chi connectivity index (χ2v) is 13.1. The first-order chi connectivity index (χ1) is 25.8. The molecular formula is C48H30N4. The number of hydrogen-bond donors (Lipinski definition) is 0. The number of aromatic nitrogens is 4. The van der Waals surface area contributed by atoms with Crippen LogP contribution in [0.5, 0.6) is 0 Å². The first kappa shape index (κ1) is 29.8. The topological polar surface area (TPSA) is 51.6 Å². The molecule has 0 amide bonds. The maximum atomic E-state index is 5.14. The summed E-state index contributed by atoms with van der Waals surface area (Å²) in [6.07, 6.45) is 3.73. The van der Waals surface area contributed by atoms with E-state index < -0.39 is 0 Å². The van der Waals surface area contributed by atoms with Crippen LogP contribution >= 0.6 is 0 Å². The fourth-order valence-electron chi connectivity index (χ4n) is 7.48. The summed E-state index contributed by atoms with van der Waals surface area (Å²) in [6, 6.07) is 59.8. The van der Waals surface area contributed by atoms with Crippen LogP contribution < -0.4 is 0 Å². The summed E-state index contributed by atoms with van der Waals surface area (Å²) >= 11 is 0. The van der Waals surface area contributed by atoms with E-state index in [0.717, 1.165) is 33.4 Å². The lowest BCUT2D eigenvalue weighted by Crippen LogP contribution is -2.00. The zero-order valence-corrected chi connectivity index (χ0v) is 28.1. The second kappa shape index (κ2) is 12.4. The number of pyridine rings is 1. The van der Waals surface area contributed by atoms with Gasteiger partial charge in [-0.15, -0.1) is 0 Å². The molecule has 52 heavy (non-hydrogen) atoms. The highest BCUT2D eigenvalue weighted by Gasteiger charge is 2.18. The van der Waals surface area contributed by atoms with Gasteiger partial charge >= 0.3 is 0 Å². The van der Waals surface area contributed by atoms with E-state index in [1.54, 1.807) is 0 Å². The van der Waals surface area contributed by atoms with Crippen LogP contribution in [0.1, 0.15) is 0 Å². The van der Waals surface area contributed by atoms with Gasteiger partial charge in [0.15, 0.2) is 17.5 Å². The monoisotopic (exact) mass is 662 g/mol. The number of fused-ring (bicyclic) bond motifs is 6. The van der Waals surface area contributed by atoms with E-state index in [-0.39, 0.29) is 0 Å². The van der Waals surface area contributed by atoms with Crippen LogP contribution in [-0.4, -0.2) is 19.9 Å². The van der Waals surface area contributed by atoms with Crippen LogP contribution in [0.15, 0.2) is 182 Å². The summed E-state index contributed by atoms with van der Waals surface area (Å²) in [4.78, 5) is 19.7. The minimum absolute atomic E-state index is 0.611. The summed E-state index contributed by atoms with van der Waals surface area (Å²) in [5.41, 5.74) is 7.09. The molecule has 0 spiro atoms. The van der Waals surface area contributed by atoms with E-state index in [4.69, 9.17) is 15.0 Å². The molecule has 242 valence electrons. The number of rotatable bonds is 5. The van der Waals surface area contributed by atoms with Crippen molar-refractivity contribution in [3.05, 3.63) is 182 Å². The van der Waals surface area contributed by atoms with Gasteiger partial charge in [-0.2, -0.15) is 0 Å². The van der Waals surface area contributed by atoms with E-state index in [9.17, 15) is 0 Å². The predicted molar refractivity (Wildman–Crippen MR) is 215 cm³/mol. The molecule has 4 nitrogen and oxygen atoms in total. The van der Waals surface area contributed by atoms with Crippen molar-refractivity contribution in [1.29, 1.82) is 0 Å². The lowest BCUT2D eigenvalue weighted by Gasteiger charge is -2.17. The quantitative estimate of drug-likeness (QED) is 0.136. The SMILES string of the molecule is c1ccc(-c2nc(-c3ccccc3)nc(-c3cc(-c4cccnc4)cc(-c4c5ccc6ccccc6c5cc5c4ccc4ccccc45)c3)n2)cc1. The average Bonchev–Trinajstić information content (AvgIpc) is 3.23. The summed E-state index contributed by atoms with van der Waals surface area (Å²) in [6.45, 7) is 0. The minimum atomic E-state index is 0.611. The number of benzene rings is 8. The van der Waals surface area contributed by atoms with Gasteiger partial charge in [-0.3, -0.25) is 4.98 Å². The van der Waals surface area contributed by atoms with E-state index >= 15 is 0 Å². The van der Waals surface area contributed by atoms with Crippen LogP contribution in [0, 0.1) is 0 Å². The van der Waals surface area contributed by atoms with Crippen molar-refractivity contribution in [2.75, 3.05) is 0 Å². The summed E-state index contributed by atoms with van der Waals surface area (Å²) in [7, 11) is 0. The Morgan fingerprint density at radius 2 is 0.769 bits per heavy atom. The third kappa shape index (κ3) is 5.17. The Hall–Kier alpha value is -7.04. The van der Waals surface area contributed by atoms with Crippen molar-refractivity contribution in [2.45, 2.75) is 0 Å². The van der Waals surface area contributed by atoms with Gasteiger partial charge in [0.25, 0.3) is 0 Å². The Balaban J connectivity index is 1.31. The Morgan fingerprint density at radius 3 is 1.33 bits per heavy atom. The van der Waals surface area contributed by atoms with Crippen LogP contribution in [-0.2, 0) is 0 Å². The zero-order valence-electron chi connectivity index (χ0n) is 28.1. The summed E-state index contributed by atoms with van der Waals surface area (Å²) in [5, 5.41) is 9.75.